The lowest BCUT2D eigenvalue weighted by Crippen LogP contribution is -2.47. The summed E-state index contributed by atoms with van der Waals surface area (Å²) in [4.78, 5) is 0. The molecule has 0 radical (unpaired) electrons. The average Bonchev–Trinajstić information content (AvgIpc) is 2.85. The zero-order chi connectivity index (χ0) is 15.3. The normalized spacial score (nSPS) is 31.7. The van der Waals surface area contributed by atoms with E-state index in [4.69, 9.17) is 4.74 Å². The largest absolute Gasteiger partial charge is 0.389 e. The molecule has 0 aromatic heterocycles. The van der Waals surface area contributed by atoms with Crippen molar-refractivity contribution in [3.05, 3.63) is 0 Å². The second-order valence-electron chi connectivity index (χ2n) is 6.30. The molecule has 3 unspecified atom stereocenters. The zero-order valence-corrected chi connectivity index (χ0v) is 13.5. The van der Waals surface area contributed by atoms with Crippen molar-refractivity contribution in [3.63, 3.8) is 0 Å². The molecular weight excluding hydrogens is 299 g/mol. The van der Waals surface area contributed by atoms with Crippen LogP contribution in [0.4, 0.5) is 13.2 Å². The number of nitrogens with one attached hydrogen (secondary N) is 1. The molecule has 1 spiro atoms. The van der Waals surface area contributed by atoms with Gasteiger partial charge < -0.3 is 10.1 Å². The highest BCUT2D eigenvalue weighted by Crippen LogP contribution is 2.42. The van der Waals surface area contributed by atoms with E-state index in [-0.39, 0.29) is 18.1 Å². The van der Waals surface area contributed by atoms with E-state index in [2.05, 4.69) is 5.32 Å². The van der Waals surface area contributed by atoms with Gasteiger partial charge in [-0.05, 0) is 50.3 Å². The molecule has 2 fully saturated rings. The molecular formula is C15H26F3NOS. The van der Waals surface area contributed by atoms with E-state index < -0.39 is 12.6 Å². The van der Waals surface area contributed by atoms with E-state index in [9.17, 15) is 13.2 Å². The Morgan fingerprint density at radius 2 is 2.24 bits per heavy atom. The summed E-state index contributed by atoms with van der Waals surface area (Å²) in [6.45, 7) is 3.54. The highest BCUT2D eigenvalue weighted by molar-refractivity contribution is 7.99. The molecule has 124 valence electrons. The second kappa shape index (κ2) is 7.55. The summed E-state index contributed by atoms with van der Waals surface area (Å²) >= 11 is 1.90. The van der Waals surface area contributed by atoms with Crippen molar-refractivity contribution in [2.75, 3.05) is 24.7 Å². The smallest absolute Gasteiger partial charge is 0.374 e. The van der Waals surface area contributed by atoms with Crippen LogP contribution in [0.3, 0.4) is 0 Å². The van der Waals surface area contributed by atoms with E-state index in [1.165, 1.54) is 0 Å². The molecule has 2 heterocycles. The quantitative estimate of drug-likeness (QED) is 0.797. The van der Waals surface area contributed by atoms with Crippen molar-refractivity contribution in [2.45, 2.75) is 63.3 Å². The molecule has 2 saturated heterocycles. The number of rotatable bonds is 6. The molecule has 2 rings (SSSR count). The maximum Gasteiger partial charge on any atom is 0.389 e. The number of ether oxygens (including phenoxy) is 1. The van der Waals surface area contributed by atoms with Gasteiger partial charge in [0.15, 0.2) is 0 Å². The highest BCUT2D eigenvalue weighted by Gasteiger charge is 2.42. The monoisotopic (exact) mass is 325 g/mol. The van der Waals surface area contributed by atoms with Gasteiger partial charge in [-0.15, -0.1) is 0 Å². The van der Waals surface area contributed by atoms with E-state index in [1.54, 1.807) is 0 Å². The van der Waals surface area contributed by atoms with Gasteiger partial charge in [0.2, 0.25) is 0 Å². The van der Waals surface area contributed by atoms with Crippen LogP contribution in [-0.2, 0) is 4.74 Å². The summed E-state index contributed by atoms with van der Waals surface area (Å²) < 4.78 is 43.6. The Hall–Kier alpha value is 0.0600. The SMILES string of the molecule is CCCNC(CCC(F)(F)F)C1CCOC2(CCSC2)C1. The lowest BCUT2D eigenvalue weighted by atomic mass is 9.80. The van der Waals surface area contributed by atoms with Gasteiger partial charge in [-0.2, -0.15) is 24.9 Å². The zero-order valence-electron chi connectivity index (χ0n) is 12.7. The number of halogens is 3. The lowest BCUT2D eigenvalue weighted by Gasteiger charge is -2.41. The van der Waals surface area contributed by atoms with Gasteiger partial charge >= 0.3 is 6.18 Å². The van der Waals surface area contributed by atoms with E-state index >= 15 is 0 Å². The van der Waals surface area contributed by atoms with Crippen LogP contribution in [-0.4, -0.2) is 42.5 Å². The fraction of sp³-hybridized carbons (Fsp3) is 1.00. The summed E-state index contributed by atoms with van der Waals surface area (Å²) in [5.41, 5.74) is -0.0576. The number of alkyl halides is 3. The Labute approximate surface area is 129 Å². The minimum Gasteiger partial charge on any atom is -0.374 e. The molecule has 0 aromatic rings. The molecule has 0 saturated carbocycles. The second-order valence-corrected chi connectivity index (χ2v) is 7.41. The van der Waals surface area contributed by atoms with Crippen LogP contribution in [0.5, 0.6) is 0 Å². The molecule has 21 heavy (non-hydrogen) atoms. The summed E-state index contributed by atoms with van der Waals surface area (Å²) in [5.74, 6) is 2.43. The van der Waals surface area contributed by atoms with E-state index in [0.717, 1.165) is 43.7 Å². The van der Waals surface area contributed by atoms with Crippen LogP contribution in [0.15, 0.2) is 0 Å². The van der Waals surface area contributed by atoms with Gasteiger partial charge in [-0.3, -0.25) is 0 Å². The predicted molar refractivity (Wildman–Crippen MR) is 80.7 cm³/mol. The third-order valence-electron chi connectivity index (χ3n) is 4.56. The van der Waals surface area contributed by atoms with Gasteiger partial charge in [0.05, 0.1) is 5.60 Å². The molecule has 0 aliphatic carbocycles. The van der Waals surface area contributed by atoms with Gasteiger partial charge in [0.25, 0.3) is 0 Å². The van der Waals surface area contributed by atoms with Crippen LogP contribution >= 0.6 is 11.8 Å². The summed E-state index contributed by atoms with van der Waals surface area (Å²) in [6, 6.07) is -0.0297. The van der Waals surface area contributed by atoms with Crippen LogP contribution in [0.25, 0.3) is 0 Å². The van der Waals surface area contributed by atoms with Crippen molar-refractivity contribution in [3.8, 4) is 0 Å². The third-order valence-corrected chi connectivity index (χ3v) is 5.79. The first-order valence-electron chi connectivity index (χ1n) is 7.96. The fourth-order valence-electron chi connectivity index (χ4n) is 3.43. The molecule has 3 atom stereocenters. The number of hydrogen-bond acceptors (Lipinski definition) is 3. The Morgan fingerprint density at radius 3 is 2.86 bits per heavy atom. The van der Waals surface area contributed by atoms with Crippen molar-refractivity contribution in [1.82, 2.24) is 5.32 Å². The van der Waals surface area contributed by atoms with E-state index in [0.29, 0.717) is 12.5 Å². The first-order chi connectivity index (χ1) is 9.94. The Bertz CT molecular complexity index is 319. The number of hydrogen-bond donors (Lipinski definition) is 1. The molecule has 6 heteroatoms. The van der Waals surface area contributed by atoms with E-state index in [1.807, 2.05) is 18.7 Å². The fourth-order valence-corrected chi connectivity index (χ4v) is 4.80. The van der Waals surface area contributed by atoms with Crippen molar-refractivity contribution >= 4 is 11.8 Å². The molecule has 0 aromatic carbocycles. The first kappa shape index (κ1) is 17.4. The average molecular weight is 325 g/mol. The Balaban J connectivity index is 1.94. The maximum atomic E-state index is 12.5. The Kier molecular flexibility index (Phi) is 6.26. The lowest BCUT2D eigenvalue weighted by molar-refractivity contribution is -0.139. The van der Waals surface area contributed by atoms with Crippen molar-refractivity contribution < 1.29 is 17.9 Å². The molecule has 2 aliphatic heterocycles. The van der Waals surface area contributed by atoms with Crippen LogP contribution in [0.1, 0.15) is 45.4 Å². The highest BCUT2D eigenvalue weighted by atomic mass is 32.2. The number of thioether (sulfide) groups is 1. The first-order valence-corrected chi connectivity index (χ1v) is 9.11. The topological polar surface area (TPSA) is 21.3 Å². The van der Waals surface area contributed by atoms with Gasteiger partial charge in [0.1, 0.15) is 0 Å². The minimum atomic E-state index is -4.06. The molecule has 1 N–H and O–H groups in total. The van der Waals surface area contributed by atoms with Crippen LogP contribution < -0.4 is 5.32 Å². The predicted octanol–water partition coefficient (Wildman–Crippen LogP) is 4.00. The van der Waals surface area contributed by atoms with Gasteiger partial charge in [-0.1, -0.05) is 6.92 Å². The Morgan fingerprint density at radius 1 is 1.43 bits per heavy atom. The molecule has 2 nitrogen and oxygen atoms in total. The standard InChI is InChI=1S/C15H26F3NOS/c1-2-7-19-13(3-5-15(16,17)18)12-4-8-20-14(10-12)6-9-21-11-14/h12-13,19H,2-11H2,1H3. The van der Waals surface area contributed by atoms with Gasteiger partial charge in [0, 0.05) is 24.8 Å². The third kappa shape index (κ3) is 5.32. The summed E-state index contributed by atoms with van der Waals surface area (Å²) in [7, 11) is 0. The molecule has 0 bridgehead atoms. The van der Waals surface area contributed by atoms with Crippen molar-refractivity contribution in [2.24, 2.45) is 5.92 Å². The van der Waals surface area contributed by atoms with Crippen LogP contribution in [0, 0.1) is 5.92 Å². The molecule has 0 amide bonds. The van der Waals surface area contributed by atoms with Crippen LogP contribution in [0.2, 0.25) is 0 Å². The summed E-state index contributed by atoms with van der Waals surface area (Å²) in [5, 5.41) is 3.36. The minimum absolute atomic E-state index is 0.0297. The maximum absolute atomic E-state index is 12.5. The molecule has 2 aliphatic rings. The van der Waals surface area contributed by atoms with Crippen molar-refractivity contribution in [1.29, 1.82) is 0 Å². The summed E-state index contributed by atoms with van der Waals surface area (Å²) in [6.07, 6.45) is -0.755. The van der Waals surface area contributed by atoms with Gasteiger partial charge in [-0.25, -0.2) is 0 Å².